The molecule has 6 heteroatoms. The van der Waals surface area contributed by atoms with Gasteiger partial charge in [0, 0.05) is 54.7 Å². The summed E-state index contributed by atoms with van der Waals surface area (Å²) in [6.45, 7) is 0. The first-order chi connectivity index (χ1) is 29.2. The van der Waals surface area contributed by atoms with Crippen molar-refractivity contribution in [2.45, 2.75) is 0 Å². The third-order valence-electron chi connectivity index (χ3n) is 11.6. The van der Waals surface area contributed by atoms with Gasteiger partial charge in [0.15, 0.2) is 0 Å². The molecule has 0 bridgehead atoms. The van der Waals surface area contributed by atoms with Gasteiger partial charge in [-0.1, -0.05) is 109 Å². The van der Waals surface area contributed by atoms with Gasteiger partial charge in [0.05, 0.1) is 45.1 Å². The predicted octanol–water partition coefficient (Wildman–Crippen LogP) is 13.4. The van der Waals surface area contributed by atoms with E-state index in [1.54, 1.807) is 0 Å². The second kappa shape index (κ2) is 12.9. The van der Waals surface area contributed by atoms with E-state index in [1.165, 1.54) is 5.39 Å². The number of hydrogen-bond acceptors (Lipinski definition) is 4. The van der Waals surface area contributed by atoms with Gasteiger partial charge in [-0.05, 0) is 84.4 Å². The van der Waals surface area contributed by atoms with Crippen LogP contribution in [0.5, 0.6) is 0 Å². The minimum absolute atomic E-state index is 0.564. The van der Waals surface area contributed by atoms with Gasteiger partial charge in [-0.15, -0.1) is 0 Å². The lowest BCUT2D eigenvalue weighted by Crippen LogP contribution is -2.04. The van der Waals surface area contributed by atoms with Gasteiger partial charge < -0.3 is 8.98 Å². The molecule has 0 spiro atoms. The fourth-order valence-electron chi connectivity index (χ4n) is 8.89. The predicted molar refractivity (Wildman–Crippen MR) is 239 cm³/mol. The number of fused-ring (bicyclic) bond motifs is 9. The molecule has 6 nitrogen and oxygen atoms in total. The Kier molecular flexibility index (Phi) is 7.19. The maximum Gasteiger partial charge on any atom is 0.235 e. The van der Waals surface area contributed by atoms with E-state index in [2.05, 4.69) is 155 Å². The number of nitrogens with zero attached hydrogens (tertiary/aromatic N) is 5. The fourth-order valence-corrected chi connectivity index (χ4v) is 8.89. The molecule has 4 aromatic heterocycles. The number of hydrogen-bond donors (Lipinski definition) is 0. The van der Waals surface area contributed by atoms with Gasteiger partial charge in [0.1, 0.15) is 11.2 Å². The number of aromatic nitrogens is 4. The molecule has 12 aromatic rings. The van der Waals surface area contributed by atoms with Crippen molar-refractivity contribution < 1.29 is 4.42 Å². The topological polar surface area (TPSA) is 72.6 Å². The average molecular weight is 754 g/mol. The smallest absolute Gasteiger partial charge is 0.235 e. The molecule has 0 saturated carbocycles. The number of rotatable bonds is 5. The highest BCUT2D eigenvalue weighted by atomic mass is 16.3. The highest BCUT2D eigenvalue weighted by molar-refractivity contribution is 6.14. The second-order valence-electron chi connectivity index (χ2n) is 14.9. The molecule has 274 valence electrons. The molecule has 0 radical (unpaired) electrons. The molecule has 0 saturated heterocycles. The van der Waals surface area contributed by atoms with Crippen molar-refractivity contribution in [3.05, 3.63) is 194 Å². The third kappa shape index (κ3) is 5.12. The Labute approximate surface area is 338 Å². The fraction of sp³-hybridized carbons (Fsp3) is 0. The van der Waals surface area contributed by atoms with Gasteiger partial charge in [-0.25, -0.2) is 9.97 Å². The van der Waals surface area contributed by atoms with Gasteiger partial charge in [0.25, 0.3) is 0 Å². The molecule has 8 aromatic carbocycles. The molecule has 0 fully saturated rings. The normalized spacial score (nSPS) is 11.7. The summed E-state index contributed by atoms with van der Waals surface area (Å²) in [5.74, 6) is 0.564. The molecule has 0 aliphatic carbocycles. The van der Waals surface area contributed by atoms with Crippen molar-refractivity contribution in [2.75, 3.05) is 0 Å². The Morgan fingerprint density at radius 3 is 1.76 bits per heavy atom. The molecule has 59 heavy (non-hydrogen) atoms. The van der Waals surface area contributed by atoms with E-state index in [1.807, 2.05) is 48.5 Å². The van der Waals surface area contributed by atoms with Crippen LogP contribution in [-0.2, 0) is 0 Å². The molecule has 4 heterocycles. The summed E-state index contributed by atoms with van der Waals surface area (Å²) in [5.41, 5.74) is 13.3. The van der Waals surface area contributed by atoms with Crippen LogP contribution < -0.4 is 0 Å². The Hall–Kier alpha value is -8.27. The molecule has 12 rings (SSSR count). The van der Waals surface area contributed by atoms with Crippen LogP contribution in [0.1, 0.15) is 5.56 Å². The van der Waals surface area contributed by atoms with Crippen LogP contribution in [0.4, 0.5) is 0 Å². The SMILES string of the molecule is N#Cc1ccc(-c2cccc3c4ccccc4n(-c4nc(-c5ccc6oc7ccccc7c6c5)cc(-c5ccc6c(c5)c5ccccc5n6-c5ccccc5)n4)c23)cc1. The lowest BCUT2D eigenvalue weighted by atomic mass is 10.0. The van der Waals surface area contributed by atoms with Gasteiger partial charge >= 0.3 is 0 Å². The zero-order valence-electron chi connectivity index (χ0n) is 31.5. The Balaban J connectivity index is 1.15. The highest BCUT2D eigenvalue weighted by Crippen LogP contribution is 2.40. The van der Waals surface area contributed by atoms with E-state index in [4.69, 9.17) is 14.4 Å². The van der Waals surface area contributed by atoms with Crippen molar-refractivity contribution in [1.82, 2.24) is 19.1 Å². The van der Waals surface area contributed by atoms with Gasteiger partial charge in [0.2, 0.25) is 5.95 Å². The molecular weight excluding hydrogens is 723 g/mol. The lowest BCUT2D eigenvalue weighted by Gasteiger charge is -2.14. The molecule has 0 atom stereocenters. The molecule has 0 unspecified atom stereocenters. The van der Waals surface area contributed by atoms with Crippen LogP contribution in [0, 0.1) is 11.3 Å². The van der Waals surface area contributed by atoms with Crippen LogP contribution in [0.2, 0.25) is 0 Å². The van der Waals surface area contributed by atoms with Crippen molar-refractivity contribution in [2.24, 2.45) is 0 Å². The highest BCUT2D eigenvalue weighted by Gasteiger charge is 2.21. The summed E-state index contributed by atoms with van der Waals surface area (Å²) >= 11 is 0. The molecular formula is C53H31N5O. The quantitative estimate of drug-likeness (QED) is 0.175. The number of nitriles is 1. The first-order valence-electron chi connectivity index (χ1n) is 19.6. The largest absolute Gasteiger partial charge is 0.456 e. The number of para-hydroxylation sites is 5. The first kappa shape index (κ1) is 32.9. The number of benzene rings is 8. The maximum absolute atomic E-state index is 9.58. The van der Waals surface area contributed by atoms with Crippen LogP contribution >= 0.6 is 0 Å². The van der Waals surface area contributed by atoms with Crippen molar-refractivity contribution in [1.29, 1.82) is 5.26 Å². The Bertz CT molecular complexity index is 3680. The van der Waals surface area contributed by atoms with E-state index in [0.717, 1.165) is 99.5 Å². The summed E-state index contributed by atoms with van der Waals surface area (Å²) in [5, 5.41) is 16.2. The Morgan fingerprint density at radius 2 is 1.00 bits per heavy atom. The summed E-state index contributed by atoms with van der Waals surface area (Å²) in [7, 11) is 0. The zero-order valence-corrected chi connectivity index (χ0v) is 31.5. The molecule has 0 amide bonds. The standard InChI is InChI=1S/C53H31N5O/c54-32-33-21-23-34(24-22-33)38-16-10-17-42-39-13-4-8-19-48(39)58(52(38)42)53-55-45(31-46(56-53)36-26-28-51-44(30-36)41-15-6-9-20-50(41)59-51)35-25-27-49-43(29-35)40-14-5-7-18-47(40)57(49)37-11-2-1-3-12-37/h1-31H. The van der Waals surface area contributed by atoms with E-state index in [9.17, 15) is 5.26 Å². The van der Waals surface area contributed by atoms with Crippen molar-refractivity contribution >= 4 is 65.6 Å². The van der Waals surface area contributed by atoms with Gasteiger partial charge in [-0.3, -0.25) is 4.57 Å². The Morgan fingerprint density at radius 1 is 0.424 bits per heavy atom. The van der Waals surface area contributed by atoms with Crippen LogP contribution in [-0.4, -0.2) is 19.1 Å². The summed E-state index contributed by atoms with van der Waals surface area (Å²) < 4.78 is 10.8. The molecule has 0 N–H and O–H groups in total. The van der Waals surface area contributed by atoms with E-state index < -0.39 is 0 Å². The number of furan rings is 1. The lowest BCUT2D eigenvalue weighted by molar-refractivity contribution is 0.669. The van der Waals surface area contributed by atoms with Crippen LogP contribution in [0.15, 0.2) is 192 Å². The van der Waals surface area contributed by atoms with Crippen molar-refractivity contribution in [3.8, 4) is 51.3 Å². The summed E-state index contributed by atoms with van der Waals surface area (Å²) in [4.78, 5) is 10.9. The van der Waals surface area contributed by atoms with E-state index in [0.29, 0.717) is 11.5 Å². The van der Waals surface area contributed by atoms with Crippen LogP contribution in [0.3, 0.4) is 0 Å². The van der Waals surface area contributed by atoms with Crippen LogP contribution in [0.25, 0.3) is 111 Å². The van der Waals surface area contributed by atoms with E-state index >= 15 is 0 Å². The van der Waals surface area contributed by atoms with E-state index in [-0.39, 0.29) is 0 Å². The minimum Gasteiger partial charge on any atom is -0.456 e. The van der Waals surface area contributed by atoms with Crippen molar-refractivity contribution in [3.63, 3.8) is 0 Å². The second-order valence-corrected chi connectivity index (χ2v) is 14.9. The van der Waals surface area contributed by atoms with Gasteiger partial charge in [-0.2, -0.15) is 5.26 Å². The summed E-state index contributed by atoms with van der Waals surface area (Å²) in [6, 6.07) is 67.3. The monoisotopic (exact) mass is 753 g/mol. The molecule has 0 aliphatic rings. The average Bonchev–Trinajstić information content (AvgIpc) is 3.96. The molecule has 0 aliphatic heterocycles. The minimum atomic E-state index is 0.564. The zero-order chi connectivity index (χ0) is 39.0. The third-order valence-corrected chi connectivity index (χ3v) is 11.6. The maximum atomic E-state index is 9.58. The summed E-state index contributed by atoms with van der Waals surface area (Å²) in [6.07, 6.45) is 0. The first-order valence-corrected chi connectivity index (χ1v) is 19.6.